The third kappa shape index (κ3) is 1.92. The van der Waals surface area contributed by atoms with Gasteiger partial charge in [0.15, 0.2) is 0 Å². The van der Waals surface area contributed by atoms with Crippen LogP contribution in [0.25, 0.3) is 10.8 Å². The molecule has 0 aliphatic heterocycles. The van der Waals surface area contributed by atoms with Gasteiger partial charge in [0.1, 0.15) is 5.82 Å². The molecule has 0 radical (unpaired) electrons. The Kier molecular flexibility index (Phi) is 3.12. The van der Waals surface area contributed by atoms with Crippen LogP contribution in [0.4, 0.5) is 5.82 Å². The SMILES string of the molecule is Cl.Nc1cc2c(Br)cccc2cn1. The summed E-state index contributed by atoms with van der Waals surface area (Å²) in [5.74, 6) is 0.550. The Morgan fingerprint density at radius 2 is 2.08 bits per heavy atom. The Balaban J connectivity index is 0.000000845. The van der Waals surface area contributed by atoms with Crippen LogP contribution in [-0.2, 0) is 0 Å². The molecule has 0 aliphatic rings. The van der Waals surface area contributed by atoms with Crippen molar-refractivity contribution < 1.29 is 0 Å². The number of pyridine rings is 1. The third-order valence-corrected chi connectivity index (χ3v) is 2.42. The lowest BCUT2D eigenvalue weighted by Gasteiger charge is -1.99. The van der Waals surface area contributed by atoms with Crippen LogP contribution in [0.1, 0.15) is 0 Å². The summed E-state index contributed by atoms with van der Waals surface area (Å²) in [5.41, 5.74) is 5.56. The van der Waals surface area contributed by atoms with Crippen molar-refractivity contribution >= 4 is 44.9 Å². The van der Waals surface area contributed by atoms with Crippen molar-refractivity contribution in [2.45, 2.75) is 0 Å². The molecule has 13 heavy (non-hydrogen) atoms. The molecule has 4 heteroatoms. The Hall–Kier alpha value is -0.800. The van der Waals surface area contributed by atoms with Gasteiger partial charge in [0.05, 0.1) is 0 Å². The second-order valence-corrected chi connectivity index (χ2v) is 3.42. The zero-order chi connectivity index (χ0) is 8.55. The van der Waals surface area contributed by atoms with Crippen molar-refractivity contribution in [3.63, 3.8) is 0 Å². The molecule has 1 heterocycles. The van der Waals surface area contributed by atoms with Gasteiger partial charge in [-0.3, -0.25) is 0 Å². The number of halogens is 2. The van der Waals surface area contributed by atoms with Crippen molar-refractivity contribution in [1.82, 2.24) is 4.98 Å². The molecule has 1 aromatic heterocycles. The van der Waals surface area contributed by atoms with Crippen molar-refractivity contribution in [2.75, 3.05) is 5.73 Å². The zero-order valence-corrected chi connectivity index (χ0v) is 9.10. The van der Waals surface area contributed by atoms with E-state index in [0.29, 0.717) is 5.82 Å². The first-order valence-corrected chi connectivity index (χ1v) is 4.36. The molecule has 2 rings (SSSR count). The number of hydrogen-bond donors (Lipinski definition) is 1. The first kappa shape index (κ1) is 10.3. The second-order valence-electron chi connectivity index (χ2n) is 2.57. The van der Waals surface area contributed by atoms with Crippen LogP contribution in [0.15, 0.2) is 34.9 Å². The molecule has 0 saturated carbocycles. The van der Waals surface area contributed by atoms with Crippen LogP contribution >= 0.6 is 28.3 Å². The van der Waals surface area contributed by atoms with Gasteiger partial charge in [0.25, 0.3) is 0 Å². The van der Waals surface area contributed by atoms with Gasteiger partial charge in [-0.1, -0.05) is 28.1 Å². The van der Waals surface area contributed by atoms with Gasteiger partial charge in [0.2, 0.25) is 0 Å². The van der Waals surface area contributed by atoms with Gasteiger partial charge in [-0.15, -0.1) is 12.4 Å². The molecule has 0 aliphatic carbocycles. The number of anilines is 1. The Bertz CT molecular complexity index is 431. The standard InChI is InChI=1S/C9H7BrN2.ClH/c10-8-3-1-2-6-5-12-9(11)4-7(6)8;/h1-5H,(H2,11,12);1H. The van der Waals surface area contributed by atoms with Gasteiger partial charge in [-0.25, -0.2) is 4.98 Å². The minimum atomic E-state index is 0. The van der Waals surface area contributed by atoms with E-state index in [1.165, 1.54) is 0 Å². The summed E-state index contributed by atoms with van der Waals surface area (Å²) in [5, 5.41) is 2.20. The molecule has 2 N–H and O–H groups in total. The average Bonchev–Trinajstić information content (AvgIpc) is 2.07. The van der Waals surface area contributed by atoms with E-state index >= 15 is 0 Å². The van der Waals surface area contributed by atoms with Gasteiger partial charge in [-0.05, 0) is 12.1 Å². The predicted molar refractivity (Wildman–Crippen MR) is 61.1 cm³/mol. The molecule has 2 nitrogen and oxygen atoms in total. The number of benzene rings is 1. The topological polar surface area (TPSA) is 38.9 Å². The van der Waals surface area contributed by atoms with E-state index in [1.54, 1.807) is 6.20 Å². The van der Waals surface area contributed by atoms with Gasteiger partial charge in [-0.2, -0.15) is 0 Å². The molecule has 0 bridgehead atoms. The van der Waals surface area contributed by atoms with Crippen LogP contribution in [0, 0.1) is 0 Å². The quantitative estimate of drug-likeness (QED) is 0.790. The largest absolute Gasteiger partial charge is 0.384 e. The number of nitrogens with zero attached hydrogens (tertiary/aromatic N) is 1. The Morgan fingerprint density at radius 1 is 1.31 bits per heavy atom. The molecular weight excluding hydrogens is 251 g/mol. The smallest absolute Gasteiger partial charge is 0.123 e. The van der Waals surface area contributed by atoms with Crippen molar-refractivity contribution in [3.05, 3.63) is 34.9 Å². The number of fused-ring (bicyclic) bond motifs is 1. The predicted octanol–water partition coefficient (Wildman–Crippen LogP) is 3.00. The van der Waals surface area contributed by atoms with Gasteiger partial charge >= 0.3 is 0 Å². The molecule has 0 atom stereocenters. The summed E-state index contributed by atoms with van der Waals surface area (Å²) in [6, 6.07) is 7.83. The van der Waals surface area contributed by atoms with Gasteiger partial charge < -0.3 is 5.73 Å². The summed E-state index contributed by atoms with van der Waals surface area (Å²) < 4.78 is 1.05. The number of nitrogens with two attached hydrogens (primary N) is 1. The lowest BCUT2D eigenvalue weighted by molar-refractivity contribution is 1.37. The fourth-order valence-corrected chi connectivity index (χ4v) is 1.64. The van der Waals surface area contributed by atoms with Gasteiger partial charge in [0, 0.05) is 21.4 Å². The van der Waals surface area contributed by atoms with Crippen molar-refractivity contribution in [1.29, 1.82) is 0 Å². The second kappa shape index (κ2) is 3.94. The number of rotatable bonds is 0. The third-order valence-electron chi connectivity index (χ3n) is 1.73. The zero-order valence-electron chi connectivity index (χ0n) is 6.70. The lowest BCUT2D eigenvalue weighted by Crippen LogP contribution is -1.88. The molecule has 2 aromatic rings. The Morgan fingerprint density at radius 3 is 2.85 bits per heavy atom. The van der Waals surface area contributed by atoms with Crippen LogP contribution in [0.2, 0.25) is 0 Å². The fourth-order valence-electron chi connectivity index (χ4n) is 1.15. The minimum Gasteiger partial charge on any atom is -0.384 e. The van der Waals surface area contributed by atoms with Crippen LogP contribution in [0.3, 0.4) is 0 Å². The Labute approximate surface area is 90.7 Å². The van der Waals surface area contributed by atoms with E-state index in [4.69, 9.17) is 5.73 Å². The number of aromatic nitrogens is 1. The van der Waals surface area contributed by atoms with Crippen molar-refractivity contribution in [2.24, 2.45) is 0 Å². The molecule has 0 unspecified atom stereocenters. The summed E-state index contributed by atoms with van der Waals surface area (Å²) in [6.07, 6.45) is 1.77. The minimum absolute atomic E-state index is 0. The fraction of sp³-hybridized carbons (Fsp3) is 0. The molecular formula is C9H8BrClN2. The molecule has 0 amide bonds. The van der Waals surface area contributed by atoms with E-state index in [0.717, 1.165) is 15.2 Å². The highest BCUT2D eigenvalue weighted by Crippen LogP contribution is 2.23. The maximum atomic E-state index is 5.56. The molecule has 1 aromatic carbocycles. The summed E-state index contributed by atoms with van der Waals surface area (Å²) in [4.78, 5) is 4.01. The van der Waals surface area contributed by atoms with E-state index in [-0.39, 0.29) is 12.4 Å². The average molecular weight is 260 g/mol. The molecule has 0 saturated heterocycles. The summed E-state index contributed by atoms with van der Waals surface area (Å²) >= 11 is 3.45. The highest BCUT2D eigenvalue weighted by molar-refractivity contribution is 9.10. The van der Waals surface area contributed by atoms with E-state index < -0.39 is 0 Å². The monoisotopic (exact) mass is 258 g/mol. The molecule has 0 fully saturated rings. The van der Waals surface area contributed by atoms with Crippen LogP contribution in [0.5, 0.6) is 0 Å². The van der Waals surface area contributed by atoms with Crippen molar-refractivity contribution in [3.8, 4) is 0 Å². The first-order valence-electron chi connectivity index (χ1n) is 3.57. The highest BCUT2D eigenvalue weighted by Gasteiger charge is 1.97. The summed E-state index contributed by atoms with van der Waals surface area (Å²) in [6.45, 7) is 0. The lowest BCUT2D eigenvalue weighted by atomic mass is 10.2. The normalized spacial score (nSPS) is 9.62. The van der Waals surface area contributed by atoms with E-state index in [1.807, 2.05) is 24.3 Å². The van der Waals surface area contributed by atoms with E-state index in [2.05, 4.69) is 20.9 Å². The number of hydrogen-bond acceptors (Lipinski definition) is 2. The van der Waals surface area contributed by atoms with Crippen LogP contribution < -0.4 is 5.73 Å². The first-order chi connectivity index (χ1) is 5.77. The maximum Gasteiger partial charge on any atom is 0.123 e. The molecule has 68 valence electrons. The van der Waals surface area contributed by atoms with Crippen LogP contribution in [-0.4, -0.2) is 4.98 Å². The summed E-state index contributed by atoms with van der Waals surface area (Å²) in [7, 11) is 0. The highest BCUT2D eigenvalue weighted by atomic mass is 79.9. The maximum absolute atomic E-state index is 5.56. The number of nitrogen functional groups attached to an aromatic ring is 1. The molecule has 0 spiro atoms. The van der Waals surface area contributed by atoms with E-state index in [9.17, 15) is 0 Å².